The van der Waals surface area contributed by atoms with Gasteiger partial charge in [0, 0.05) is 11.4 Å². The summed E-state index contributed by atoms with van der Waals surface area (Å²) in [7, 11) is 0. The van der Waals surface area contributed by atoms with Crippen molar-refractivity contribution < 1.29 is 4.39 Å². The summed E-state index contributed by atoms with van der Waals surface area (Å²) in [6, 6.07) is 11.2. The second kappa shape index (κ2) is 4.41. The van der Waals surface area contributed by atoms with Gasteiger partial charge < -0.3 is 11.1 Å². The standard InChI is InChI=1S/C12H10ClFN2/c13-11-7-9(15)3-6-12(11)16-10-4-1-8(14)2-5-10/h1-7,16H,15H2. The summed E-state index contributed by atoms with van der Waals surface area (Å²) >= 11 is 5.99. The Morgan fingerprint density at radius 3 is 2.38 bits per heavy atom. The topological polar surface area (TPSA) is 38.0 Å². The number of hydrogen-bond acceptors (Lipinski definition) is 2. The maximum absolute atomic E-state index is 12.7. The van der Waals surface area contributed by atoms with Gasteiger partial charge in [-0.15, -0.1) is 0 Å². The Morgan fingerprint density at radius 1 is 1.06 bits per heavy atom. The highest BCUT2D eigenvalue weighted by molar-refractivity contribution is 6.33. The number of hydrogen-bond donors (Lipinski definition) is 2. The second-order valence-electron chi connectivity index (χ2n) is 3.37. The molecular formula is C12H10ClFN2. The molecule has 0 aliphatic carbocycles. The van der Waals surface area contributed by atoms with Crippen LogP contribution in [-0.2, 0) is 0 Å². The van der Waals surface area contributed by atoms with Crippen LogP contribution in [0.3, 0.4) is 0 Å². The molecule has 2 rings (SSSR count). The van der Waals surface area contributed by atoms with Gasteiger partial charge in [0.15, 0.2) is 0 Å². The molecule has 82 valence electrons. The zero-order valence-corrected chi connectivity index (χ0v) is 9.13. The summed E-state index contributed by atoms with van der Waals surface area (Å²) < 4.78 is 12.7. The molecule has 2 aromatic carbocycles. The highest BCUT2D eigenvalue weighted by atomic mass is 35.5. The molecule has 0 aromatic heterocycles. The Labute approximate surface area is 97.8 Å². The lowest BCUT2D eigenvalue weighted by molar-refractivity contribution is 0.628. The fourth-order valence-electron chi connectivity index (χ4n) is 1.32. The smallest absolute Gasteiger partial charge is 0.123 e. The van der Waals surface area contributed by atoms with Crippen molar-refractivity contribution in [3.63, 3.8) is 0 Å². The Morgan fingerprint density at radius 2 is 1.75 bits per heavy atom. The van der Waals surface area contributed by atoms with E-state index in [0.29, 0.717) is 10.7 Å². The highest BCUT2D eigenvalue weighted by Gasteiger charge is 2.01. The van der Waals surface area contributed by atoms with Crippen molar-refractivity contribution in [3.8, 4) is 0 Å². The molecule has 2 nitrogen and oxygen atoms in total. The minimum Gasteiger partial charge on any atom is -0.399 e. The van der Waals surface area contributed by atoms with Crippen LogP contribution in [0.2, 0.25) is 5.02 Å². The third kappa shape index (κ3) is 2.44. The molecule has 0 radical (unpaired) electrons. The summed E-state index contributed by atoms with van der Waals surface area (Å²) in [6.07, 6.45) is 0. The number of rotatable bonds is 2. The van der Waals surface area contributed by atoms with Gasteiger partial charge in [0.05, 0.1) is 10.7 Å². The van der Waals surface area contributed by atoms with Gasteiger partial charge in [0.1, 0.15) is 5.82 Å². The Bertz CT molecular complexity index is 497. The molecule has 3 N–H and O–H groups in total. The van der Waals surface area contributed by atoms with Crippen LogP contribution in [0.4, 0.5) is 21.5 Å². The van der Waals surface area contributed by atoms with Crippen molar-refractivity contribution in [2.75, 3.05) is 11.1 Å². The third-order valence-electron chi connectivity index (χ3n) is 2.12. The van der Waals surface area contributed by atoms with E-state index in [1.54, 1.807) is 30.3 Å². The summed E-state index contributed by atoms with van der Waals surface area (Å²) in [5.41, 5.74) is 7.69. The molecule has 0 bridgehead atoms. The Balaban J connectivity index is 2.23. The normalized spacial score (nSPS) is 10.1. The van der Waals surface area contributed by atoms with Crippen LogP contribution in [0, 0.1) is 5.82 Å². The van der Waals surface area contributed by atoms with Crippen LogP contribution in [0.15, 0.2) is 42.5 Å². The summed E-state index contributed by atoms with van der Waals surface area (Å²) in [5.74, 6) is -0.269. The van der Waals surface area contributed by atoms with Crippen LogP contribution in [0.1, 0.15) is 0 Å². The van der Waals surface area contributed by atoms with Crippen molar-refractivity contribution in [2.45, 2.75) is 0 Å². The van der Waals surface area contributed by atoms with Gasteiger partial charge in [-0.1, -0.05) is 11.6 Å². The first-order valence-corrected chi connectivity index (χ1v) is 5.10. The van der Waals surface area contributed by atoms with Crippen LogP contribution in [-0.4, -0.2) is 0 Å². The van der Waals surface area contributed by atoms with E-state index in [-0.39, 0.29) is 5.82 Å². The predicted octanol–water partition coefficient (Wildman–Crippen LogP) is 3.80. The van der Waals surface area contributed by atoms with Crippen molar-refractivity contribution in [1.82, 2.24) is 0 Å². The van der Waals surface area contributed by atoms with E-state index in [1.807, 2.05) is 0 Å². The van der Waals surface area contributed by atoms with Crippen LogP contribution >= 0.6 is 11.6 Å². The molecule has 0 aliphatic rings. The number of halogens is 2. The molecule has 0 heterocycles. The molecule has 0 atom stereocenters. The van der Waals surface area contributed by atoms with Crippen molar-refractivity contribution >= 4 is 28.7 Å². The number of nitrogens with one attached hydrogen (secondary N) is 1. The van der Waals surface area contributed by atoms with Crippen LogP contribution in [0.5, 0.6) is 0 Å². The van der Waals surface area contributed by atoms with E-state index >= 15 is 0 Å². The van der Waals surface area contributed by atoms with Gasteiger partial charge >= 0.3 is 0 Å². The minimum absolute atomic E-state index is 0.269. The predicted molar refractivity (Wildman–Crippen MR) is 65.5 cm³/mol. The van der Waals surface area contributed by atoms with Crippen molar-refractivity contribution in [3.05, 3.63) is 53.3 Å². The Kier molecular flexibility index (Phi) is 2.97. The fraction of sp³-hybridized carbons (Fsp3) is 0. The first-order chi connectivity index (χ1) is 7.65. The SMILES string of the molecule is Nc1ccc(Nc2ccc(F)cc2)c(Cl)c1. The molecular weight excluding hydrogens is 227 g/mol. The van der Waals surface area contributed by atoms with E-state index < -0.39 is 0 Å². The van der Waals surface area contributed by atoms with E-state index in [0.717, 1.165) is 11.4 Å². The lowest BCUT2D eigenvalue weighted by Crippen LogP contribution is -1.92. The monoisotopic (exact) mass is 236 g/mol. The largest absolute Gasteiger partial charge is 0.399 e. The molecule has 0 spiro atoms. The molecule has 0 unspecified atom stereocenters. The number of benzene rings is 2. The van der Waals surface area contributed by atoms with E-state index in [2.05, 4.69) is 5.32 Å². The first kappa shape index (κ1) is 10.8. The molecule has 16 heavy (non-hydrogen) atoms. The van der Waals surface area contributed by atoms with E-state index in [4.69, 9.17) is 17.3 Å². The maximum Gasteiger partial charge on any atom is 0.123 e. The molecule has 0 saturated heterocycles. The van der Waals surface area contributed by atoms with Gasteiger partial charge in [-0.25, -0.2) is 4.39 Å². The highest BCUT2D eigenvalue weighted by Crippen LogP contribution is 2.27. The van der Waals surface area contributed by atoms with Gasteiger partial charge in [-0.2, -0.15) is 0 Å². The average Bonchev–Trinajstić information content (AvgIpc) is 2.25. The zero-order chi connectivity index (χ0) is 11.5. The molecule has 0 fully saturated rings. The molecule has 0 aliphatic heterocycles. The molecule has 2 aromatic rings. The average molecular weight is 237 g/mol. The van der Waals surface area contributed by atoms with Crippen LogP contribution in [0.25, 0.3) is 0 Å². The minimum atomic E-state index is -0.269. The number of nitrogen functional groups attached to an aromatic ring is 1. The fourth-order valence-corrected chi connectivity index (χ4v) is 1.56. The van der Waals surface area contributed by atoms with Gasteiger partial charge in [0.25, 0.3) is 0 Å². The zero-order valence-electron chi connectivity index (χ0n) is 8.37. The lowest BCUT2D eigenvalue weighted by atomic mass is 10.2. The number of anilines is 3. The lowest BCUT2D eigenvalue weighted by Gasteiger charge is -2.08. The van der Waals surface area contributed by atoms with E-state index in [9.17, 15) is 4.39 Å². The van der Waals surface area contributed by atoms with Crippen molar-refractivity contribution in [1.29, 1.82) is 0 Å². The van der Waals surface area contributed by atoms with Gasteiger partial charge in [-0.05, 0) is 42.5 Å². The molecule has 0 amide bonds. The summed E-state index contributed by atoms with van der Waals surface area (Å²) in [4.78, 5) is 0. The van der Waals surface area contributed by atoms with E-state index in [1.165, 1.54) is 12.1 Å². The number of nitrogens with two attached hydrogens (primary N) is 1. The van der Waals surface area contributed by atoms with Gasteiger partial charge in [-0.3, -0.25) is 0 Å². The summed E-state index contributed by atoms with van der Waals surface area (Å²) in [5, 5.41) is 3.60. The van der Waals surface area contributed by atoms with Crippen LogP contribution < -0.4 is 11.1 Å². The first-order valence-electron chi connectivity index (χ1n) is 4.73. The summed E-state index contributed by atoms with van der Waals surface area (Å²) in [6.45, 7) is 0. The Hall–Kier alpha value is -1.74. The third-order valence-corrected chi connectivity index (χ3v) is 2.43. The van der Waals surface area contributed by atoms with Gasteiger partial charge in [0.2, 0.25) is 0 Å². The maximum atomic E-state index is 12.7. The molecule has 4 heteroatoms. The second-order valence-corrected chi connectivity index (χ2v) is 3.78. The van der Waals surface area contributed by atoms with Crippen molar-refractivity contribution in [2.24, 2.45) is 0 Å². The molecule has 0 saturated carbocycles. The quantitative estimate of drug-likeness (QED) is 0.779.